The van der Waals surface area contributed by atoms with Gasteiger partial charge in [0.25, 0.3) is 0 Å². The van der Waals surface area contributed by atoms with Crippen molar-refractivity contribution in [2.24, 2.45) is 5.73 Å². The lowest BCUT2D eigenvalue weighted by Crippen LogP contribution is -2.56. The van der Waals surface area contributed by atoms with Crippen molar-refractivity contribution in [3.05, 3.63) is 29.8 Å². The highest BCUT2D eigenvalue weighted by Gasteiger charge is 2.27. The zero-order chi connectivity index (χ0) is 13.0. The van der Waals surface area contributed by atoms with E-state index in [2.05, 4.69) is 10.2 Å². The molecule has 0 spiro atoms. The molecule has 1 aliphatic heterocycles. The van der Waals surface area contributed by atoms with Crippen LogP contribution < -0.4 is 15.8 Å². The largest absolute Gasteiger partial charge is 0.496 e. The van der Waals surface area contributed by atoms with Gasteiger partial charge in [0, 0.05) is 31.7 Å². The molecule has 1 aliphatic rings. The van der Waals surface area contributed by atoms with Crippen LogP contribution in [0.4, 0.5) is 0 Å². The van der Waals surface area contributed by atoms with E-state index >= 15 is 0 Å². The van der Waals surface area contributed by atoms with Crippen LogP contribution in [0.25, 0.3) is 0 Å². The number of hydrogen-bond donors (Lipinski definition) is 2. The summed E-state index contributed by atoms with van der Waals surface area (Å²) in [5.74, 6) is 0.566. The molecule has 2 rings (SSSR count). The Bertz CT molecular complexity index is 422. The summed E-state index contributed by atoms with van der Waals surface area (Å²) < 4.78 is 5.32. The van der Waals surface area contributed by atoms with Gasteiger partial charge in [-0.2, -0.15) is 0 Å². The molecule has 98 valence electrons. The molecule has 1 amide bonds. The highest BCUT2D eigenvalue weighted by atomic mass is 16.5. The van der Waals surface area contributed by atoms with Gasteiger partial charge in [-0.3, -0.25) is 9.69 Å². The van der Waals surface area contributed by atoms with Crippen LogP contribution in [0.15, 0.2) is 24.3 Å². The van der Waals surface area contributed by atoms with Gasteiger partial charge in [-0.1, -0.05) is 18.2 Å². The Hall–Kier alpha value is -1.59. The summed E-state index contributed by atoms with van der Waals surface area (Å²) in [5.41, 5.74) is 6.51. The summed E-state index contributed by atoms with van der Waals surface area (Å²) in [5, 5.41) is 3.19. The molecule has 1 unspecified atom stereocenters. The summed E-state index contributed by atoms with van der Waals surface area (Å²) in [4.78, 5) is 13.5. The van der Waals surface area contributed by atoms with E-state index in [9.17, 15) is 4.79 Å². The van der Waals surface area contributed by atoms with Crippen molar-refractivity contribution in [2.45, 2.75) is 12.6 Å². The molecule has 1 aromatic carbocycles. The maximum absolute atomic E-state index is 11.4. The first-order valence-electron chi connectivity index (χ1n) is 6.08. The fourth-order valence-corrected chi connectivity index (χ4v) is 2.27. The molecule has 1 saturated heterocycles. The summed E-state index contributed by atoms with van der Waals surface area (Å²) in [7, 11) is 1.65. The van der Waals surface area contributed by atoms with Gasteiger partial charge in [0.1, 0.15) is 11.8 Å². The van der Waals surface area contributed by atoms with Gasteiger partial charge in [0.15, 0.2) is 0 Å². The quantitative estimate of drug-likeness (QED) is 0.785. The van der Waals surface area contributed by atoms with Crippen molar-refractivity contribution in [1.82, 2.24) is 10.2 Å². The van der Waals surface area contributed by atoms with Gasteiger partial charge in [-0.15, -0.1) is 0 Å². The Labute approximate surface area is 107 Å². The molecule has 3 N–H and O–H groups in total. The minimum Gasteiger partial charge on any atom is -0.496 e. The summed E-state index contributed by atoms with van der Waals surface area (Å²) in [6.07, 6.45) is 0. The van der Waals surface area contributed by atoms with Crippen LogP contribution in [0.3, 0.4) is 0 Å². The molecule has 1 fully saturated rings. The van der Waals surface area contributed by atoms with Crippen molar-refractivity contribution in [2.75, 3.05) is 26.7 Å². The predicted molar refractivity (Wildman–Crippen MR) is 69.3 cm³/mol. The molecule has 5 heteroatoms. The average molecular weight is 249 g/mol. The summed E-state index contributed by atoms with van der Waals surface area (Å²) in [6.45, 7) is 2.98. The second-order valence-corrected chi connectivity index (χ2v) is 4.40. The van der Waals surface area contributed by atoms with E-state index in [1.807, 2.05) is 24.3 Å². The van der Waals surface area contributed by atoms with Crippen LogP contribution in [0.2, 0.25) is 0 Å². The minimum absolute atomic E-state index is 0.247. The van der Waals surface area contributed by atoms with E-state index in [0.717, 1.165) is 24.4 Å². The van der Waals surface area contributed by atoms with Crippen molar-refractivity contribution in [3.63, 3.8) is 0 Å². The van der Waals surface area contributed by atoms with Gasteiger partial charge in [0.2, 0.25) is 5.91 Å². The number of ether oxygens (including phenoxy) is 1. The number of primary amides is 1. The minimum atomic E-state index is -0.280. The Balaban J connectivity index is 2.13. The first-order chi connectivity index (χ1) is 8.72. The van der Waals surface area contributed by atoms with Crippen LogP contribution >= 0.6 is 0 Å². The number of nitrogens with zero attached hydrogens (tertiary/aromatic N) is 1. The number of carbonyl (C=O) groups excluding carboxylic acids is 1. The molecular weight excluding hydrogens is 230 g/mol. The number of benzene rings is 1. The molecule has 1 atom stereocenters. The molecule has 18 heavy (non-hydrogen) atoms. The lowest BCUT2D eigenvalue weighted by molar-refractivity contribution is -0.124. The van der Waals surface area contributed by atoms with Crippen LogP contribution in [-0.2, 0) is 11.3 Å². The molecule has 1 heterocycles. The first kappa shape index (κ1) is 12.9. The SMILES string of the molecule is COc1ccccc1CN1CCNCC1C(N)=O. The fourth-order valence-electron chi connectivity index (χ4n) is 2.27. The second-order valence-electron chi connectivity index (χ2n) is 4.40. The monoisotopic (exact) mass is 249 g/mol. The van der Waals surface area contributed by atoms with E-state index in [1.165, 1.54) is 0 Å². The zero-order valence-corrected chi connectivity index (χ0v) is 10.6. The third kappa shape index (κ3) is 2.80. The van der Waals surface area contributed by atoms with Crippen molar-refractivity contribution in [3.8, 4) is 5.75 Å². The number of piperazine rings is 1. The third-order valence-electron chi connectivity index (χ3n) is 3.25. The number of carbonyl (C=O) groups is 1. The van der Waals surface area contributed by atoms with E-state index in [0.29, 0.717) is 13.1 Å². The molecule has 0 aromatic heterocycles. The highest BCUT2D eigenvalue weighted by molar-refractivity contribution is 5.80. The number of amides is 1. The molecule has 0 aliphatic carbocycles. The van der Waals surface area contributed by atoms with Crippen LogP contribution in [0, 0.1) is 0 Å². The van der Waals surface area contributed by atoms with Crippen LogP contribution in [-0.4, -0.2) is 43.6 Å². The Kier molecular flexibility index (Phi) is 4.17. The average Bonchev–Trinajstić information content (AvgIpc) is 2.40. The number of hydrogen-bond acceptors (Lipinski definition) is 4. The van der Waals surface area contributed by atoms with Crippen molar-refractivity contribution in [1.29, 1.82) is 0 Å². The van der Waals surface area contributed by atoms with Gasteiger partial charge in [-0.25, -0.2) is 0 Å². The maximum atomic E-state index is 11.4. The maximum Gasteiger partial charge on any atom is 0.236 e. The molecule has 5 nitrogen and oxygen atoms in total. The van der Waals surface area contributed by atoms with E-state index in [4.69, 9.17) is 10.5 Å². The van der Waals surface area contributed by atoms with Crippen LogP contribution in [0.1, 0.15) is 5.56 Å². The topological polar surface area (TPSA) is 67.6 Å². The number of para-hydroxylation sites is 1. The predicted octanol–water partition coefficient (Wildman–Crippen LogP) is -0.0457. The third-order valence-corrected chi connectivity index (χ3v) is 3.25. The number of methoxy groups -OCH3 is 1. The zero-order valence-electron chi connectivity index (χ0n) is 10.6. The summed E-state index contributed by atoms with van der Waals surface area (Å²) in [6, 6.07) is 7.60. The normalized spacial score (nSPS) is 20.6. The second kappa shape index (κ2) is 5.84. The van der Waals surface area contributed by atoms with E-state index in [-0.39, 0.29) is 11.9 Å². The number of nitrogens with one attached hydrogen (secondary N) is 1. The molecule has 1 aromatic rings. The molecular formula is C13H19N3O2. The Morgan fingerprint density at radius 3 is 3.06 bits per heavy atom. The molecule has 0 radical (unpaired) electrons. The number of nitrogens with two attached hydrogens (primary N) is 1. The first-order valence-corrected chi connectivity index (χ1v) is 6.08. The van der Waals surface area contributed by atoms with E-state index < -0.39 is 0 Å². The fraction of sp³-hybridized carbons (Fsp3) is 0.462. The van der Waals surface area contributed by atoms with Crippen molar-refractivity contribution >= 4 is 5.91 Å². The molecule has 0 bridgehead atoms. The lowest BCUT2D eigenvalue weighted by Gasteiger charge is -2.34. The lowest BCUT2D eigenvalue weighted by atomic mass is 10.1. The molecule has 0 saturated carbocycles. The standard InChI is InChI=1S/C13H19N3O2/c1-18-12-5-3-2-4-10(12)9-16-7-6-15-8-11(16)13(14)17/h2-5,11,15H,6-9H2,1H3,(H2,14,17). The van der Waals surface area contributed by atoms with E-state index in [1.54, 1.807) is 7.11 Å². The smallest absolute Gasteiger partial charge is 0.236 e. The van der Waals surface area contributed by atoms with Gasteiger partial charge in [-0.05, 0) is 6.07 Å². The van der Waals surface area contributed by atoms with Gasteiger partial charge in [0.05, 0.1) is 7.11 Å². The van der Waals surface area contributed by atoms with Crippen molar-refractivity contribution < 1.29 is 9.53 Å². The Morgan fingerprint density at radius 1 is 1.56 bits per heavy atom. The summed E-state index contributed by atoms with van der Waals surface area (Å²) >= 11 is 0. The Morgan fingerprint density at radius 2 is 2.33 bits per heavy atom. The highest BCUT2D eigenvalue weighted by Crippen LogP contribution is 2.20. The van der Waals surface area contributed by atoms with Gasteiger partial charge < -0.3 is 15.8 Å². The van der Waals surface area contributed by atoms with Gasteiger partial charge >= 0.3 is 0 Å². The van der Waals surface area contributed by atoms with Crippen LogP contribution in [0.5, 0.6) is 5.75 Å². The number of rotatable bonds is 4.